The first-order chi connectivity index (χ1) is 15.2. The molecule has 1 aliphatic rings. The Kier molecular flexibility index (Phi) is 6.72. The zero-order valence-corrected chi connectivity index (χ0v) is 19.4. The van der Waals surface area contributed by atoms with Crippen LogP contribution in [0.3, 0.4) is 0 Å². The molecule has 6 nitrogen and oxygen atoms in total. The second-order valence-electron chi connectivity index (χ2n) is 9.37. The average molecular weight is 469 g/mol. The number of nitrogens with two attached hydrogens (primary N) is 1. The number of hydrogen-bond acceptors (Lipinski definition) is 4. The van der Waals surface area contributed by atoms with Gasteiger partial charge >= 0.3 is 0 Å². The summed E-state index contributed by atoms with van der Waals surface area (Å²) >= 11 is 0. The second kappa shape index (κ2) is 8.90. The van der Waals surface area contributed by atoms with Crippen molar-refractivity contribution in [3.8, 4) is 0 Å². The Morgan fingerprint density at radius 2 is 1.88 bits per heavy atom. The molecule has 0 spiro atoms. The molecule has 1 aromatic carbocycles. The number of halogens is 4. The van der Waals surface area contributed by atoms with Gasteiger partial charge in [-0.2, -0.15) is 9.37 Å². The van der Waals surface area contributed by atoms with Crippen LogP contribution in [0.2, 0.25) is 0 Å². The average Bonchev–Trinajstić information content (AvgIpc) is 2.66. The molecule has 2 unspecified atom stereocenters. The molecule has 0 aliphatic heterocycles. The van der Waals surface area contributed by atoms with E-state index in [0.29, 0.717) is 24.1 Å². The highest BCUT2D eigenvalue weighted by molar-refractivity contribution is 5.98. The number of hydrogen-bond donors (Lipinski definition) is 2. The van der Waals surface area contributed by atoms with Crippen molar-refractivity contribution in [2.45, 2.75) is 44.2 Å². The molecule has 1 saturated carbocycles. The van der Waals surface area contributed by atoms with Crippen molar-refractivity contribution in [3.05, 3.63) is 47.0 Å². The molecule has 0 bridgehead atoms. The van der Waals surface area contributed by atoms with Crippen LogP contribution < -0.4 is 15.5 Å². The maximum atomic E-state index is 15.3. The summed E-state index contributed by atoms with van der Waals surface area (Å²) in [5, 5.41) is 2.84. The van der Waals surface area contributed by atoms with Crippen LogP contribution >= 0.6 is 0 Å². The number of primary amides is 1. The van der Waals surface area contributed by atoms with Crippen molar-refractivity contribution in [1.82, 2.24) is 14.4 Å². The van der Waals surface area contributed by atoms with Gasteiger partial charge in [0.15, 0.2) is 0 Å². The normalized spacial score (nSPS) is 20.7. The summed E-state index contributed by atoms with van der Waals surface area (Å²) in [6.45, 7) is 1.69. The Bertz CT molecular complexity index is 1040. The fraction of sp³-hybridized carbons (Fsp3) is 0.478. The number of carbonyl (C=O) groups excluding carboxylic acids is 1. The molecule has 2 atom stereocenters. The van der Waals surface area contributed by atoms with Gasteiger partial charge in [-0.1, -0.05) is 0 Å². The van der Waals surface area contributed by atoms with E-state index in [-0.39, 0.29) is 28.1 Å². The van der Waals surface area contributed by atoms with Gasteiger partial charge < -0.3 is 11.1 Å². The van der Waals surface area contributed by atoms with Crippen LogP contribution in [0.4, 0.5) is 34.9 Å². The van der Waals surface area contributed by atoms with Gasteiger partial charge in [0.25, 0.3) is 17.6 Å². The van der Waals surface area contributed by atoms with Gasteiger partial charge in [-0.25, -0.2) is 13.2 Å². The van der Waals surface area contributed by atoms with E-state index in [1.165, 1.54) is 17.0 Å². The largest absolute Gasteiger partial charge is 0.365 e. The molecule has 3 N–H and O–H groups in total. The van der Waals surface area contributed by atoms with E-state index in [2.05, 4.69) is 10.3 Å². The van der Waals surface area contributed by atoms with E-state index < -0.39 is 35.5 Å². The first-order valence-electron chi connectivity index (χ1n) is 10.7. The van der Waals surface area contributed by atoms with Crippen molar-refractivity contribution in [1.29, 1.82) is 0 Å². The molecular formula is C23H30F4N5O+. The number of alkyl halides is 2. The summed E-state index contributed by atoms with van der Waals surface area (Å²) in [6.07, 6.45) is 0.489. The standard InChI is InChI=1S/C23H29F4N5O/c1-13-9-14(24)11-15(10-13)29-21-16(20(28)33)12-17(25)22(30-21)32(4,5)18-7-6-8-23(26,27)19(18)31(2)3/h9-12,18-19H,6-8H2,1-5H3,(H2-,28,29,30,33)/p+1. The molecule has 10 heteroatoms. The summed E-state index contributed by atoms with van der Waals surface area (Å²) in [5.41, 5.74) is 6.11. The quantitative estimate of drug-likeness (QED) is 0.493. The number of carbonyl (C=O) groups is 1. The Labute approximate surface area is 191 Å². The number of aromatic nitrogens is 1. The molecule has 1 aliphatic carbocycles. The number of pyridine rings is 1. The third-order valence-corrected chi connectivity index (χ3v) is 6.27. The molecule has 0 saturated heterocycles. The first kappa shape index (κ1) is 24.9. The van der Waals surface area contributed by atoms with E-state index in [4.69, 9.17) is 5.73 Å². The van der Waals surface area contributed by atoms with E-state index >= 15 is 4.39 Å². The van der Waals surface area contributed by atoms with Crippen molar-refractivity contribution in [2.75, 3.05) is 33.5 Å². The Morgan fingerprint density at radius 1 is 1.21 bits per heavy atom. The highest BCUT2D eigenvalue weighted by atomic mass is 19.3. The zero-order chi connectivity index (χ0) is 24.7. The predicted molar refractivity (Wildman–Crippen MR) is 121 cm³/mol. The highest BCUT2D eigenvalue weighted by Crippen LogP contribution is 2.42. The smallest absolute Gasteiger partial charge is 0.269 e. The summed E-state index contributed by atoms with van der Waals surface area (Å²) < 4.78 is 58.6. The fourth-order valence-electron chi connectivity index (χ4n) is 4.80. The lowest BCUT2D eigenvalue weighted by Gasteiger charge is -2.48. The maximum Gasteiger partial charge on any atom is 0.269 e. The first-order valence-corrected chi connectivity index (χ1v) is 10.7. The monoisotopic (exact) mass is 468 g/mol. The van der Waals surface area contributed by atoms with Gasteiger partial charge in [-0.15, -0.1) is 0 Å². The SMILES string of the molecule is Cc1cc(F)cc(Nc2nc([N+](C)(C)C3CCCC(F)(F)C3N(C)C)c(F)cc2C(N)=O)c1. The Hall–Kier alpha value is -2.72. The van der Waals surface area contributed by atoms with E-state index in [0.717, 1.165) is 6.07 Å². The third kappa shape index (κ3) is 4.96. The fourth-order valence-corrected chi connectivity index (χ4v) is 4.80. The van der Waals surface area contributed by atoms with Crippen molar-refractivity contribution in [2.24, 2.45) is 5.73 Å². The van der Waals surface area contributed by atoms with Crippen LogP contribution in [0, 0.1) is 18.6 Å². The van der Waals surface area contributed by atoms with Gasteiger partial charge in [0.2, 0.25) is 5.82 Å². The minimum Gasteiger partial charge on any atom is -0.365 e. The van der Waals surface area contributed by atoms with Gasteiger partial charge in [0.1, 0.15) is 23.7 Å². The van der Waals surface area contributed by atoms with E-state index in [1.54, 1.807) is 41.2 Å². The Morgan fingerprint density at radius 3 is 2.45 bits per heavy atom. The number of benzene rings is 1. The molecule has 1 aromatic heterocycles. The lowest BCUT2D eigenvalue weighted by molar-refractivity contribution is -0.120. The summed E-state index contributed by atoms with van der Waals surface area (Å²) in [5.74, 6) is -5.41. The number of nitrogens with one attached hydrogen (secondary N) is 1. The van der Waals surface area contributed by atoms with E-state index in [9.17, 15) is 18.0 Å². The molecule has 180 valence electrons. The number of anilines is 2. The van der Waals surface area contributed by atoms with Crippen molar-refractivity contribution < 1.29 is 22.4 Å². The van der Waals surface area contributed by atoms with Crippen LogP contribution in [0.1, 0.15) is 35.2 Å². The van der Waals surface area contributed by atoms with Gasteiger partial charge in [-0.3, -0.25) is 14.2 Å². The minimum absolute atomic E-state index is 0.0703. The zero-order valence-electron chi connectivity index (χ0n) is 19.4. The van der Waals surface area contributed by atoms with Crippen molar-refractivity contribution >= 4 is 23.2 Å². The number of quaternary nitrogens is 1. The van der Waals surface area contributed by atoms with Gasteiger partial charge in [-0.05, 0) is 57.3 Å². The van der Waals surface area contributed by atoms with Crippen LogP contribution in [-0.4, -0.2) is 62.0 Å². The van der Waals surface area contributed by atoms with Crippen LogP contribution in [0.15, 0.2) is 24.3 Å². The number of likely N-dealkylation sites (N-methyl/N-ethyl adjacent to an activating group) is 2. The molecule has 0 radical (unpaired) electrons. The second-order valence-corrected chi connectivity index (χ2v) is 9.37. The summed E-state index contributed by atoms with van der Waals surface area (Å²) in [4.78, 5) is 17.8. The molecule has 33 heavy (non-hydrogen) atoms. The van der Waals surface area contributed by atoms with E-state index in [1.807, 2.05) is 0 Å². The Balaban J connectivity index is 2.11. The van der Waals surface area contributed by atoms with Gasteiger partial charge in [0, 0.05) is 18.5 Å². The molecule has 1 amide bonds. The number of aryl methyl sites for hydroxylation is 1. The molecule has 1 heterocycles. The molecule has 1 fully saturated rings. The van der Waals surface area contributed by atoms with Gasteiger partial charge in [0.05, 0.1) is 19.7 Å². The summed E-state index contributed by atoms with van der Waals surface area (Å²) in [6, 6.07) is 3.29. The number of rotatable bonds is 6. The topological polar surface area (TPSA) is 71.2 Å². The molecule has 2 aromatic rings. The predicted octanol–water partition coefficient (Wildman–Crippen LogP) is 4.20. The van der Waals surface area contributed by atoms with Crippen molar-refractivity contribution in [3.63, 3.8) is 0 Å². The highest BCUT2D eigenvalue weighted by Gasteiger charge is 2.55. The molecule has 3 rings (SSSR count). The maximum absolute atomic E-state index is 15.3. The lowest BCUT2D eigenvalue weighted by atomic mass is 9.84. The number of amides is 1. The summed E-state index contributed by atoms with van der Waals surface area (Å²) in [7, 11) is 6.40. The molecular weight excluding hydrogens is 438 g/mol. The van der Waals surface area contributed by atoms with Crippen LogP contribution in [-0.2, 0) is 0 Å². The van der Waals surface area contributed by atoms with Crippen LogP contribution in [0.25, 0.3) is 0 Å². The lowest BCUT2D eigenvalue weighted by Crippen LogP contribution is -2.66. The van der Waals surface area contributed by atoms with Crippen LogP contribution in [0.5, 0.6) is 0 Å². The third-order valence-electron chi connectivity index (χ3n) is 6.27. The number of nitrogens with zero attached hydrogens (tertiary/aromatic N) is 3. The minimum atomic E-state index is -2.95.